The lowest BCUT2D eigenvalue weighted by molar-refractivity contribution is -0.0190. The van der Waals surface area contributed by atoms with E-state index >= 15 is 0 Å². The van der Waals surface area contributed by atoms with Crippen molar-refractivity contribution in [1.29, 1.82) is 0 Å². The van der Waals surface area contributed by atoms with Gasteiger partial charge >= 0.3 is 0 Å². The van der Waals surface area contributed by atoms with Crippen molar-refractivity contribution in [3.63, 3.8) is 0 Å². The van der Waals surface area contributed by atoms with Gasteiger partial charge in [0.1, 0.15) is 5.75 Å². The standard InChI is InChI=1S/C9H10Cl2O2/c1-2-9(12)13-8-4-3-6(10)5-7(8)11/h3-5,9,12H,2H2,1H3. The van der Waals surface area contributed by atoms with Gasteiger partial charge in [-0.2, -0.15) is 0 Å². The second-order valence-corrected chi connectivity index (χ2v) is 3.40. The molecule has 1 rings (SSSR count). The average molecular weight is 221 g/mol. The Balaban J connectivity index is 2.77. The van der Waals surface area contributed by atoms with E-state index in [1.165, 1.54) is 0 Å². The molecule has 1 aromatic rings. The van der Waals surface area contributed by atoms with Gasteiger partial charge in [-0.15, -0.1) is 0 Å². The quantitative estimate of drug-likeness (QED) is 0.794. The van der Waals surface area contributed by atoms with E-state index in [-0.39, 0.29) is 0 Å². The molecular formula is C9H10Cl2O2. The fourth-order valence-electron chi connectivity index (χ4n) is 0.801. The number of aliphatic hydroxyl groups excluding tert-OH is 1. The molecule has 72 valence electrons. The summed E-state index contributed by atoms with van der Waals surface area (Å²) >= 11 is 11.5. The van der Waals surface area contributed by atoms with E-state index in [0.29, 0.717) is 22.2 Å². The molecule has 0 saturated carbocycles. The molecule has 13 heavy (non-hydrogen) atoms. The van der Waals surface area contributed by atoms with Crippen molar-refractivity contribution >= 4 is 23.2 Å². The Morgan fingerprint density at radius 3 is 2.69 bits per heavy atom. The van der Waals surface area contributed by atoms with Crippen molar-refractivity contribution < 1.29 is 9.84 Å². The van der Waals surface area contributed by atoms with Crippen molar-refractivity contribution in [2.75, 3.05) is 0 Å². The second kappa shape index (κ2) is 4.70. The molecule has 0 bridgehead atoms. The lowest BCUT2D eigenvalue weighted by Crippen LogP contribution is -2.13. The Morgan fingerprint density at radius 2 is 2.15 bits per heavy atom. The zero-order valence-electron chi connectivity index (χ0n) is 7.13. The third-order valence-electron chi connectivity index (χ3n) is 1.51. The molecule has 1 aromatic carbocycles. The minimum Gasteiger partial charge on any atom is -0.464 e. The molecule has 4 heteroatoms. The molecule has 0 fully saturated rings. The molecule has 0 radical (unpaired) electrons. The van der Waals surface area contributed by atoms with E-state index in [0.717, 1.165) is 0 Å². The van der Waals surface area contributed by atoms with Crippen LogP contribution in [0.4, 0.5) is 0 Å². The first-order valence-electron chi connectivity index (χ1n) is 3.93. The Labute approximate surface area is 87.0 Å². The highest BCUT2D eigenvalue weighted by Gasteiger charge is 2.06. The summed E-state index contributed by atoms with van der Waals surface area (Å²) in [6.45, 7) is 1.81. The molecule has 0 aliphatic heterocycles. The van der Waals surface area contributed by atoms with Crippen LogP contribution in [0, 0.1) is 0 Å². The summed E-state index contributed by atoms with van der Waals surface area (Å²) in [5.74, 6) is 0.445. The SMILES string of the molecule is CCC(O)Oc1ccc(Cl)cc1Cl. The molecule has 2 nitrogen and oxygen atoms in total. The van der Waals surface area contributed by atoms with E-state index in [4.69, 9.17) is 27.9 Å². The van der Waals surface area contributed by atoms with Gasteiger partial charge in [0.25, 0.3) is 0 Å². The van der Waals surface area contributed by atoms with Gasteiger partial charge in [0, 0.05) is 11.4 Å². The summed E-state index contributed by atoms with van der Waals surface area (Å²) in [7, 11) is 0. The maximum atomic E-state index is 9.19. The minimum atomic E-state index is -0.821. The Morgan fingerprint density at radius 1 is 1.46 bits per heavy atom. The summed E-state index contributed by atoms with van der Waals surface area (Å²) in [4.78, 5) is 0. The molecular weight excluding hydrogens is 211 g/mol. The van der Waals surface area contributed by atoms with Crippen LogP contribution in [-0.2, 0) is 0 Å². The first-order chi connectivity index (χ1) is 6.13. The minimum absolute atomic E-state index is 0.403. The van der Waals surface area contributed by atoms with E-state index in [2.05, 4.69) is 0 Å². The van der Waals surface area contributed by atoms with Crippen molar-refractivity contribution in [2.24, 2.45) is 0 Å². The van der Waals surface area contributed by atoms with Gasteiger partial charge in [-0.25, -0.2) is 0 Å². The molecule has 0 aliphatic carbocycles. The van der Waals surface area contributed by atoms with E-state index in [1.54, 1.807) is 18.2 Å². The molecule has 0 spiro atoms. The number of aliphatic hydroxyl groups is 1. The summed E-state index contributed by atoms with van der Waals surface area (Å²) in [5, 5.41) is 10.1. The fraction of sp³-hybridized carbons (Fsp3) is 0.333. The monoisotopic (exact) mass is 220 g/mol. The molecule has 0 aliphatic rings. The molecule has 0 heterocycles. The van der Waals surface area contributed by atoms with Gasteiger partial charge in [0.05, 0.1) is 5.02 Å². The number of ether oxygens (including phenoxy) is 1. The van der Waals surface area contributed by atoms with Crippen LogP contribution in [0.3, 0.4) is 0 Å². The Bertz CT molecular complexity index is 289. The van der Waals surface area contributed by atoms with Gasteiger partial charge in [-0.05, 0) is 18.2 Å². The van der Waals surface area contributed by atoms with Crippen LogP contribution in [-0.4, -0.2) is 11.4 Å². The van der Waals surface area contributed by atoms with E-state index in [9.17, 15) is 5.11 Å². The summed E-state index contributed by atoms with van der Waals surface area (Å²) in [6, 6.07) is 4.86. The highest BCUT2D eigenvalue weighted by atomic mass is 35.5. The Hall–Kier alpha value is -0.440. The zero-order chi connectivity index (χ0) is 9.84. The van der Waals surface area contributed by atoms with E-state index < -0.39 is 6.29 Å². The molecule has 1 N–H and O–H groups in total. The molecule has 0 saturated heterocycles. The lowest BCUT2D eigenvalue weighted by Gasteiger charge is -2.12. The number of hydrogen-bond acceptors (Lipinski definition) is 2. The first kappa shape index (κ1) is 10.6. The van der Waals surface area contributed by atoms with Crippen molar-refractivity contribution in [2.45, 2.75) is 19.6 Å². The second-order valence-electron chi connectivity index (χ2n) is 2.56. The summed E-state index contributed by atoms with van der Waals surface area (Å²) < 4.78 is 5.11. The van der Waals surface area contributed by atoms with E-state index in [1.807, 2.05) is 6.92 Å². The number of rotatable bonds is 3. The maximum absolute atomic E-state index is 9.19. The predicted molar refractivity (Wildman–Crippen MR) is 53.4 cm³/mol. The first-order valence-corrected chi connectivity index (χ1v) is 4.69. The van der Waals surface area contributed by atoms with Gasteiger partial charge in [0.2, 0.25) is 0 Å². The fourth-order valence-corrected chi connectivity index (χ4v) is 1.25. The van der Waals surface area contributed by atoms with Crippen LogP contribution < -0.4 is 4.74 Å². The topological polar surface area (TPSA) is 29.5 Å². The molecule has 1 atom stereocenters. The predicted octanol–water partition coefficient (Wildman–Crippen LogP) is 3.10. The maximum Gasteiger partial charge on any atom is 0.197 e. The number of benzene rings is 1. The number of hydrogen-bond donors (Lipinski definition) is 1. The largest absolute Gasteiger partial charge is 0.464 e. The third-order valence-corrected chi connectivity index (χ3v) is 2.04. The van der Waals surface area contributed by atoms with Crippen molar-refractivity contribution in [3.05, 3.63) is 28.2 Å². The van der Waals surface area contributed by atoms with Crippen molar-refractivity contribution in [1.82, 2.24) is 0 Å². The smallest absolute Gasteiger partial charge is 0.197 e. The van der Waals surface area contributed by atoms with Gasteiger partial charge in [-0.3, -0.25) is 0 Å². The van der Waals surface area contributed by atoms with Gasteiger partial charge in [0.15, 0.2) is 6.29 Å². The molecule has 0 aromatic heterocycles. The van der Waals surface area contributed by atoms with Crippen LogP contribution in [0.15, 0.2) is 18.2 Å². The van der Waals surface area contributed by atoms with Crippen LogP contribution in [0.25, 0.3) is 0 Å². The number of halogens is 2. The summed E-state index contributed by atoms with van der Waals surface area (Å²) in [5.41, 5.74) is 0. The molecule has 1 unspecified atom stereocenters. The summed E-state index contributed by atoms with van der Waals surface area (Å²) in [6.07, 6.45) is -0.308. The van der Waals surface area contributed by atoms with Crippen LogP contribution in [0.1, 0.15) is 13.3 Å². The van der Waals surface area contributed by atoms with Crippen LogP contribution in [0.5, 0.6) is 5.75 Å². The van der Waals surface area contributed by atoms with Crippen molar-refractivity contribution in [3.8, 4) is 5.75 Å². The van der Waals surface area contributed by atoms with Crippen LogP contribution >= 0.6 is 23.2 Å². The normalized spacial score (nSPS) is 12.6. The lowest BCUT2D eigenvalue weighted by atomic mass is 10.3. The van der Waals surface area contributed by atoms with Gasteiger partial charge in [-0.1, -0.05) is 30.1 Å². The van der Waals surface area contributed by atoms with Gasteiger partial charge < -0.3 is 9.84 Å². The zero-order valence-corrected chi connectivity index (χ0v) is 8.64. The third kappa shape index (κ3) is 3.07. The molecule has 0 amide bonds. The average Bonchev–Trinajstić information content (AvgIpc) is 2.09. The highest BCUT2D eigenvalue weighted by molar-refractivity contribution is 6.35. The van der Waals surface area contributed by atoms with Crippen LogP contribution in [0.2, 0.25) is 10.0 Å². The Kier molecular flexibility index (Phi) is 3.85. The highest BCUT2D eigenvalue weighted by Crippen LogP contribution is 2.28.